The Bertz CT molecular complexity index is 1130. The SMILES string of the molecule is C/C(=N\N=c1\nc2c(c(C#N)s1)C(=O)c1ccccc1-2)c1ccco1. The molecule has 120 valence electrons. The first-order valence-corrected chi connectivity index (χ1v) is 8.22. The largest absolute Gasteiger partial charge is 0.463 e. The minimum Gasteiger partial charge on any atom is -0.463 e. The van der Waals surface area contributed by atoms with Crippen LogP contribution in [0.25, 0.3) is 11.3 Å². The lowest BCUT2D eigenvalue weighted by molar-refractivity contribution is 0.104. The van der Waals surface area contributed by atoms with Crippen LogP contribution in [-0.2, 0) is 0 Å². The number of ketones is 1. The average Bonchev–Trinajstić information content (AvgIpc) is 3.27. The van der Waals surface area contributed by atoms with Gasteiger partial charge in [-0.15, -0.1) is 10.2 Å². The molecular weight excluding hydrogens is 336 g/mol. The number of benzene rings is 1. The first-order chi connectivity index (χ1) is 12.2. The molecule has 0 saturated carbocycles. The Kier molecular flexibility index (Phi) is 3.60. The van der Waals surface area contributed by atoms with Crippen LogP contribution in [0.1, 0.15) is 33.5 Å². The van der Waals surface area contributed by atoms with Crippen molar-refractivity contribution < 1.29 is 9.21 Å². The highest BCUT2D eigenvalue weighted by atomic mass is 32.1. The van der Waals surface area contributed by atoms with Crippen LogP contribution in [-0.4, -0.2) is 16.5 Å². The molecule has 3 aromatic rings. The van der Waals surface area contributed by atoms with Gasteiger partial charge in [-0.1, -0.05) is 35.6 Å². The Morgan fingerprint density at radius 2 is 2.04 bits per heavy atom. The summed E-state index contributed by atoms with van der Waals surface area (Å²) in [6, 6.07) is 12.8. The predicted octanol–water partition coefficient (Wildman–Crippen LogP) is 3.14. The third-order valence-corrected chi connectivity index (χ3v) is 4.64. The van der Waals surface area contributed by atoms with Gasteiger partial charge in [0.1, 0.15) is 22.4 Å². The van der Waals surface area contributed by atoms with Crippen molar-refractivity contribution in [3.8, 4) is 17.3 Å². The molecule has 4 rings (SSSR count). The average molecular weight is 346 g/mol. The summed E-state index contributed by atoms with van der Waals surface area (Å²) in [6.07, 6.45) is 1.56. The number of carbonyl (C=O) groups excluding carboxylic acids is 1. The molecule has 0 aliphatic heterocycles. The zero-order chi connectivity index (χ0) is 17.4. The highest BCUT2D eigenvalue weighted by Gasteiger charge is 2.31. The smallest absolute Gasteiger partial charge is 0.231 e. The van der Waals surface area contributed by atoms with Crippen molar-refractivity contribution in [1.29, 1.82) is 5.26 Å². The molecule has 0 amide bonds. The molecule has 25 heavy (non-hydrogen) atoms. The first-order valence-electron chi connectivity index (χ1n) is 7.40. The molecule has 1 aliphatic carbocycles. The standard InChI is InChI=1S/C18H10N4O2S/c1-10(13-7-4-8-24-13)21-22-18-20-16-11-5-2-3-6-12(11)17(23)15(16)14(9-19)25-18/h2-8H,1H3/b21-10+,22-18-. The Morgan fingerprint density at radius 1 is 1.24 bits per heavy atom. The number of nitriles is 1. The van der Waals surface area contributed by atoms with Gasteiger partial charge in [0.15, 0.2) is 5.78 Å². The fraction of sp³-hybridized carbons (Fsp3) is 0.0556. The summed E-state index contributed by atoms with van der Waals surface area (Å²) in [5.41, 5.74) is 2.70. The molecule has 6 nitrogen and oxygen atoms in total. The Hall–Kier alpha value is -3.37. The molecule has 1 aliphatic rings. The lowest BCUT2D eigenvalue weighted by atomic mass is 10.1. The maximum atomic E-state index is 12.5. The predicted molar refractivity (Wildman–Crippen MR) is 92.2 cm³/mol. The first kappa shape index (κ1) is 15.2. The van der Waals surface area contributed by atoms with E-state index in [2.05, 4.69) is 21.3 Å². The van der Waals surface area contributed by atoms with Crippen LogP contribution >= 0.6 is 11.3 Å². The fourth-order valence-electron chi connectivity index (χ4n) is 2.63. The van der Waals surface area contributed by atoms with Crippen LogP contribution < -0.4 is 4.80 Å². The number of carbonyl (C=O) groups is 1. The second-order valence-electron chi connectivity index (χ2n) is 5.30. The van der Waals surface area contributed by atoms with E-state index in [1.54, 1.807) is 37.5 Å². The molecule has 0 N–H and O–H groups in total. The van der Waals surface area contributed by atoms with Crippen molar-refractivity contribution in [3.05, 3.63) is 69.2 Å². The second kappa shape index (κ2) is 5.92. The molecule has 7 heteroatoms. The fourth-order valence-corrected chi connectivity index (χ4v) is 3.36. The molecule has 0 radical (unpaired) electrons. The summed E-state index contributed by atoms with van der Waals surface area (Å²) in [6.45, 7) is 1.77. The molecular formula is C18H10N4O2S. The van der Waals surface area contributed by atoms with Gasteiger partial charge in [0.05, 0.1) is 17.5 Å². The Balaban J connectivity index is 1.89. The summed E-state index contributed by atoms with van der Waals surface area (Å²) in [7, 11) is 0. The van der Waals surface area contributed by atoms with Crippen molar-refractivity contribution in [3.63, 3.8) is 0 Å². The second-order valence-corrected chi connectivity index (χ2v) is 6.28. The van der Waals surface area contributed by atoms with Crippen LogP contribution in [0.4, 0.5) is 0 Å². The van der Waals surface area contributed by atoms with Crippen molar-refractivity contribution in [2.45, 2.75) is 6.92 Å². The van der Waals surface area contributed by atoms with E-state index in [4.69, 9.17) is 4.42 Å². The molecule has 1 aromatic carbocycles. The van der Waals surface area contributed by atoms with Gasteiger partial charge in [0, 0.05) is 11.1 Å². The zero-order valence-electron chi connectivity index (χ0n) is 13.1. The molecule has 0 atom stereocenters. The number of nitrogens with zero attached hydrogens (tertiary/aromatic N) is 4. The van der Waals surface area contributed by atoms with Crippen molar-refractivity contribution in [2.24, 2.45) is 10.2 Å². The third kappa shape index (κ3) is 2.49. The van der Waals surface area contributed by atoms with Gasteiger partial charge in [-0.3, -0.25) is 4.79 Å². The number of fused-ring (bicyclic) bond motifs is 3. The van der Waals surface area contributed by atoms with Crippen molar-refractivity contribution in [2.75, 3.05) is 0 Å². The van der Waals surface area contributed by atoms with Crippen LogP contribution in [0, 0.1) is 11.3 Å². The number of rotatable bonds is 2. The minimum absolute atomic E-state index is 0.173. The summed E-state index contributed by atoms with van der Waals surface area (Å²) >= 11 is 1.04. The summed E-state index contributed by atoms with van der Waals surface area (Å²) in [5, 5.41) is 17.7. The van der Waals surface area contributed by atoms with E-state index in [0.717, 1.165) is 16.9 Å². The van der Waals surface area contributed by atoms with E-state index in [1.807, 2.05) is 12.1 Å². The highest BCUT2D eigenvalue weighted by molar-refractivity contribution is 7.09. The van der Waals surface area contributed by atoms with E-state index in [1.165, 1.54) is 0 Å². The van der Waals surface area contributed by atoms with Gasteiger partial charge in [-0.05, 0) is 19.1 Å². The van der Waals surface area contributed by atoms with E-state index in [-0.39, 0.29) is 10.7 Å². The molecule has 0 unspecified atom stereocenters. The topological polar surface area (TPSA) is 91.6 Å². The number of hydrogen-bond acceptors (Lipinski definition) is 7. The third-order valence-electron chi connectivity index (χ3n) is 3.78. The maximum absolute atomic E-state index is 12.5. The van der Waals surface area contributed by atoms with E-state index >= 15 is 0 Å². The summed E-state index contributed by atoms with van der Waals surface area (Å²) < 4.78 is 5.26. The van der Waals surface area contributed by atoms with Crippen LogP contribution in [0.2, 0.25) is 0 Å². The lowest BCUT2D eigenvalue weighted by Crippen LogP contribution is -2.08. The van der Waals surface area contributed by atoms with E-state index in [9.17, 15) is 10.1 Å². The molecule has 2 aromatic heterocycles. The minimum atomic E-state index is -0.173. The Labute approximate surface area is 146 Å². The summed E-state index contributed by atoms with van der Waals surface area (Å²) in [4.78, 5) is 17.6. The van der Waals surface area contributed by atoms with Gasteiger partial charge < -0.3 is 4.42 Å². The van der Waals surface area contributed by atoms with Crippen LogP contribution in [0.5, 0.6) is 0 Å². The molecule has 0 saturated heterocycles. The number of hydrogen-bond donors (Lipinski definition) is 0. The van der Waals surface area contributed by atoms with Crippen molar-refractivity contribution >= 4 is 22.8 Å². The normalized spacial score (nSPS) is 13.5. The van der Waals surface area contributed by atoms with Gasteiger partial charge in [-0.2, -0.15) is 5.26 Å². The number of furan rings is 1. The molecule has 0 spiro atoms. The monoisotopic (exact) mass is 346 g/mol. The zero-order valence-corrected chi connectivity index (χ0v) is 13.9. The Morgan fingerprint density at radius 3 is 2.76 bits per heavy atom. The van der Waals surface area contributed by atoms with Gasteiger partial charge >= 0.3 is 0 Å². The van der Waals surface area contributed by atoms with E-state index in [0.29, 0.717) is 33.1 Å². The molecule has 2 heterocycles. The van der Waals surface area contributed by atoms with Crippen LogP contribution in [0.15, 0.2) is 57.3 Å². The van der Waals surface area contributed by atoms with Gasteiger partial charge in [0.2, 0.25) is 4.80 Å². The quantitative estimate of drug-likeness (QED) is 0.412. The molecule has 0 bridgehead atoms. The highest BCUT2D eigenvalue weighted by Crippen LogP contribution is 2.36. The van der Waals surface area contributed by atoms with Crippen LogP contribution in [0.3, 0.4) is 0 Å². The van der Waals surface area contributed by atoms with E-state index < -0.39 is 0 Å². The number of aromatic nitrogens is 1. The van der Waals surface area contributed by atoms with Gasteiger partial charge in [0.25, 0.3) is 0 Å². The molecule has 0 fully saturated rings. The van der Waals surface area contributed by atoms with Gasteiger partial charge in [-0.25, -0.2) is 4.98 Å². The lowest BCUT2D eigenvalue weighted by Gasteiger charge is -1.99. The summed E-state index contributed by atoms with van der Waals surface area (Å²) in [5.74, 6) is 0.434. The van der Waals surface area contributed by atoms with Crippen molar-refractivity contribution in [1.82, 2.24) is 4.98 Å². The maximum Gasteiger partial charge on any atom is 0.231 e.